The van der Waals surface area contributed by atoms with Crippen LogP contribution in [0.2, 0.25) is 5.02 Å². The Hall–Kier alpha value is -3.17. The highest BCUT2D eigenvalue weighted by Crippen LogP contribution is 2.35. The Bertz CT molecular complexity index is 1230. The molecule has 0 spiro atoms. The van der Waals surface area contributed by atoms with Crippen LogP contribution >= 0.6 is 11.6 Å². The standard InChI is InChI=1S/C29H27ClN2O/c30-22-16-17-25-24(19-22)29(28-26(32-25)14-7-15-27(28)33)31-18-8-13-23(20-9-3-1-4-10-20)21-11-5-2-6-12-21/h1-6,9-12,16-17,19,23H,7-8,13-15,18H2,(H,31,32). The average Bonchev–Trinajstić information content (AvgIpc) is 2.85. The van der Waals surface area contributed by atoms with Gasteiger partial charge in [-0.1, -0.05) is 72.3 Å². The largest absolute Gasteiger partial charge is 0.384 e. The lowest BCUT2D eigenvalue weighted by Crippen LogP contribution is -2.17. The molecule has 1 aromatic heterocycles. The smallest absolute Gasteiger partial charge is 0.166 e. The molecule has 0 aliphatic heterocycles. The number of hydrogen-bond donors (Lipinski definition) is 1. The lowest BCUT2D eigenvalue weighted by atomic mass is 9.87. The Labute approximate surface area is 199 Å². The zero-order valence-corrected chi connectivity index (χ0v) is 19.3. The zero-order chi connectivity index (χ0) is 22.6. The van der Waals surface area contributed by atoms with Crippen LogP contribution in [0.3, 0.4) is 0 Å². The van der Waals surface area contributed by atoms with Gasteiger partial charge in [0.15, 0.2) is 5.78 Å². The van der Waals surface area contributed by atoms with Crippen molar-refractivity contribution in [2.24, 2.45) is 0 Å². The molecule has 3 aromatic carbocycles. The van der Waals surface area contributed by atoms with Crippen molar-refractivity contribution in [3.8, 4) is 0 Å². The van der Waals surface area contributed by atoms with Crippen LogP contribution in [0.4, 0.5) is 5.69 Å². The van der Waals surface area contributed by atoms with E-state index in [1.54, 1.807) is 0 Å². The first-order valence-corrected chi connectivity index (χ1v) is 12.1. The summed E-state index contributed by atoms with van der Waals surface area (Å²) in [4.78, 5) is 17.6. The topological polar surface area (TPSA) is 42.0 Å². The first-order valence-electron chi connectivity index (χ1n) is 11.7. The number of rotatable bonds is 7. The Morgan fingerprint density at radius 1 is 0.909 bits per heavy atom. The Morgan fingerprint density at radius 2 is 1.61 bits per heavy atom. The van der Waals surface area contributed by atoms with Crippen molar-refractivity contribution >= 4 is 34.0 Å². The van der Waals surface area contributed by atoms with E-state index in [1.165, 1.54) is 11.1 Å². The molecule has 1 aliphatic carbocycles. The molecule has 1 N–H and O–H groups in total. The van der Waals surface area contributed by atoms with Crippen LogP contribution in [0.5, 0.6) is 0 Å². The lowest BCUT2D eigenvalue weighted by Gasteiger charge is -2.22. The highest BCUT2D eigenvalue weighted by Gasteiger charge is 2.24. The number of aromatic nitrogens is 1. The molecule has 1 aliphatic rings. The maximum Gasteiger partial charge on any atom is 0.166 e. The molecule has 4 heteroatoms. The SMILES string of the molecule is O=C1CCCc2nc3ccc(Cl)cc3c(NCCCC(c3ccccc3)c3ccccc3)c21. The third-order valence-electron chi connectivity index (χ3n) is 6.49. The summed E-state index contributed by atoms with van der Waals surface area (Å²) < 4.78 is 0. The number of pyridine rings is 1. The number of nitrogens with one attached hydrogen (secondary N) is 1. The molecule has 166 valence electrons. The van der Waals surface area contributed by atoms with E-state index in [1.807, 2.05) is 18.2 Å². The van der Waals surface area contributed by atoms with Gasteiger partial charge in [0.2, 0.25) is 0 Å². The van der Waals surface area contributed by atoms with Gasteiger partial charge in [0.05, 0.1) is 22.5 Å². The van der Waals surface area contributed by atoms with Crippen LogP contribution in [0.15, 0.2) is 78.9 Å². The molecule has 0 amide bonds. The molecule has 0 radical (unpaired) electrons. The lowest BCUT2D eigenvalue weighted by molar-refractivity contribution is 0.0972. The number of carbonyl (C=O) groups is 1. The third kappa shape index (κ3) is 4.65. The van der Waals surface area contributed by atoms with Gasteiger partial charge in [0.1, 0.15) is 0 Å². The van der Waals surface area contributed by atoms with Gasteiger partial charge < -0.3 is 5.32 Å². The summed E-state index contributed by atoms with van der Waals surface area (Å²) in [5.41, 5.74) is 6.13. The van der Waals surface area contributed by atoms with Crippen LogP contribution in [0.1, 0.15) is 58.8 Å². The molecular weight excluding hydrogens is 428 g/mol. The van der Waals surface area contributed by atoms with Gasteiger partial charge in [-0.2, -0.15) is 0 Å². The predicted molar refractivity (Wildman–Crippen MR) is 136 cm³/mol. The highest BCUT2D eigenvalue weighted by atomic mass is 35.5. The van der Waals surface area contributed by atoms with Crippen molar-refractivity contribution in [2.75, 3.05) is 11.9 Å². The molecule has 0 bridgehead atoms. The Balaban J connectivity index is 1.39. The van der Waals surface area contributed by atoms with E-state index in [2.05, 4.69) is 66.0 Å². The van der Waals surface area contributed by atoms with Crippen molar-refractivity contribution in [1.82, 2.24) is 4.98 Å². The predicted octanol–water partition coefficient (Wildman–Crippen LogP) is 7.43. The molecule has 3 nitrogen and oxygen atoms in total. The molecular formula is C29H27ClN2O. The van der Waals surface area contributed by atoms with E-state index in [0.717, 1.165) is 60.1 Å². The maximum absolute atomic E-state index is 12.8. The second-order valence-electron chi connectivity index (χ2n) is 8.69. The van der Waals surface area contributed by atoms with E-state index < -0.39 is 0 Å². The monoisotopic (exact) mass is 454 g/mol. The van der Waals surface area contributed by atoms with Crippen LogP contribution in [0, 0.1) is 0 Å². The summed E-state index contributed by atoms with van der Waals surface area (Å²) in [6.45, 7) is 0.779. The van der Waals surface area contributed by atoms with Gasteiger partial charge in [-0.3, -0.25) is 9.78 Å². The number of anilines is 1. The van der Waals surface area contributed by atoms with E-state index in [4.69, 9.17) is 16.6 Å². The normalized spacial score (nSPS) is 13.3. The van der Waals surface area contributed by atoms with Crippen LogP contribution in [-0.4, -0.2) is 17.3 Å². The van der Waals surface area contributed by atoms with Crippen molar-refractivity contribution in [3.63, 3.8) is 0 Å². The Kier molecular flexibility index (Phi) is 6.41. The highest BCUT2D eigenvalue weighted by molar-refractivity contribution is 6.31. The number of hydrogen-bond acceptors (Lipinski definition) is 3. The third-order valence-corrected chi connectivity index (χ3v) is 6.73. The summed E-state index contributed by atoms with van der Waals surface area (Å²) in [6.07, 6.45) is 4.29. The molecule has 33 heavy (non-hydrogen) atoms. The molecule has 5 rings (SSSR count). The van der Waals surface area contributed by atoms with Crippen molar-refractivity contribution in [1.29, 1.82) is 0 Å². The second kappa shape index (κ2) is 9.76. The van der Waals surface area contributed by atoms with Gasteiger partial charge in [0.25, 0.3) is 0 Å². The number of carbonyl (C=O) groups excluding carboxylic acids is 1. The summed E-state index contributed by atoms with van der Waals surface area (Å²) in [6, 6.07) is 27.1. The Morgan fingerprint density at radius 3 is 2.30 bits per heavy atom. The van der Waals surface area contributed by atoms with Crippen LogP contribution in [0.25, 0.3) is 10.9 Å². The quantitative estimate of drug-likeness (QED) is 0.295. The number of ketones is 1. The molecule has 4 aromatic rings. The van der Waals surface area contributed by atoms with Gasteiger partial charge in [-0.15, -0.1) is 0 Å². The first kappa shape index (κ1) is 21.7. The maximum atomic E-state index is 12.8. The summed E-state index contributed by atoms with van der Waals surface area (Å²) in [5.74, 6) is 0.521. The van der Waals surface area contributed by atoms with E-state index in [-0.39, 0.29) is 5.78 Å². The number of benzene rings is 3. The summed E-state index contributed by atoms with van der Waals surface area (Å²) in [5, 5.41) is 5.20. The van der Waals surface area contributed by atoms with Gasteiger partial charge in [-0.05, 0) is 55.0 Å². The number of nitrogens with zero attached hydrogens (tertiary/aromatic N) is 1. The fourth-order valence-electron chi connectivity index (χ4n) is 4.91. The number of fused-ring (bicyclic) bond motifs is 2. The van der Waals surface area contributed by atoms with E-state index >= 15 is 0 Å². The van der Waals surface area contributed by atoms with Crippen molar-refractivity contribution < 1.29 is 4.79 Å². The molecule has 0 fully saturated rings. The second-order valence-corrected chi connectivity index (χ2v) is 9.13. The number of halogens is 1. The fourth-order valence-corrected chi connectivity index (χ4v) is 5.08. The molecule has 0 saturated heterocycles. The van der Waals surface area contributed by atoms with Gasteiger partial charge >= 0.3 is 0 Å². The minimum atomic E-state index is 0.180. The van der Waals surface area contributed by atoms with Crippen LogP contribution in [-0.2, 0) is 6.42 Å². The van der Waals surface area contributed by atoms with Crippen LogP contribution < -0.4 is 5.32 Å². The molecule has 0 atom stereocenters. The summed E-state index contributed by atoms with van der Waals surface area (Å²) >= 11 is 6.31. The summed E-state index contributed by atoms with van der Waals surface area (Å²) in [7, 11) is 0. The van der Waals surface area contributed by atoms with Gasteiger partial charge in [-0.25, -0.2) is 0 Å². The number of Topliss-reactive ketones (excluding diaryl/α,β-unsaturated/α-hetero) is 1. The van der Waals surface area contributed by atoms with Gasteiger partial charge in [0, 0.05) is 29.3 Å². The average molecular weight is 455 g/mol. The molecule has 0 unspecified atom stereocenters. The minimum absolute atomic E-state index is 0.180. The molecule has 0 saturated carbocycles. The van der Waals surface area contributed by atoms with Crippen molar-refractivity contribution in [3.05, 3.63) is 106 Å². The van der Waals surface area contributed by atoms with E-state index in [0.29, 0.717) is 17.4 Å². The number of aryl methyl sites for hydroxylation is 1. The van der Waals surface area contributed by atoms with Crippen molar-refractivity contribution in [2.45, 2.75) is 38.0 Å². The fraction of sp³-hybridized carbons (Fsp3) is 0.241. The first-order chi connectivity index (χ1) is 16.2. The van der Waals surface area contributed by atoms with E-state index in [9.17, 15) is 4.79 Å². The zero-order valence-electron chi connectivity index (χ0n) is 18.6. The minimum Gasteiger partial charge on any atom is -0.384 e. The molecule has 1 heterocycles.